The molecule has 0 aromatic heterocycles. The van der Waals surface area contributed by atoms with Crippen molar-refractivity contribution in [2.45, 2.75) is 52.4 Å². The second-order valence-corrected chi connectivity index (χ2v) is 6.48. The van der Waals surface area contributed by atoms with Crippen molar-refractivity contribution in [3.05, 3.63) is 0 Å². The topological polar surface area (TPSA) is 109 Å². The first-order valence-electron chi connectivity index (χ1n) is 6.95. The van der Waals surface area contributed by atoms with Crippen LogP contribution in [-0.4, -0.2) is 29.4 Å². The van der Waals surface area contributed by atoms with Crippen molar-refractivity contribution in [1.82, 2.24) is 5.32 Å². The number of carboxylic acid groups (broad SMARTS) is 1. The van der Waals surface area contributed by atoms with Crippen LogP contribution >= 0.6 is 0 Å². The molecule has 0 aromatic carbocycles. The van der Waals surface area contributed by atoms with Gasteiger partial charge in [0.25, 0.3) is 0 Å². The molecule has 1 saturated carbocycles. The average molecular weight is 284 g/mol. The number of aliphatic carboxylic acids is 1. The summed E-state index contributed by atoms with van der Waals surface area (Å²) in [7, 11) is 0. The average Bonchev–Trinajstić information content (AvgIpc) is 2.73. The van der Waals surface area contributed by atoms with E-state index in [0.29, 0.717) is 0 Å². The van der Waals surface area contributed by atoms with E-state index < -0.39 is 22.7 Å². The number of rotatable bonds is 7. The molecule has 0 aliphatic heterocycles. The van der Waals surface area contributed by atoms with Crippen LogP contribution in [0, 0.1) is 10.8 Å². The van der Waals surface area contributed by atoms with Gasteiger partial charge in [-0.2, -0.15) is 0 Å². The van der Waals surface area contributed by atoms with Crippen LogP contribution in [0.25, 0.3) is 0 Å². The number of carboxylic acids is 1. The van der Waals surface area contributed by atoms with Crippen molar-refractivity contribution in [2.24, 2.45) is 16.6 Å². The predicted octanol–water partition coefficient (Wildman–Crippen LogP) is 1.04. The lowest BCUT2D eigenvalue weighted by Crippen LogP contribution is -2.43. The molecule has 0 unspecified atom stereocenters. The summed E-state index contributed by atoms with van der Waals surface area (Å²) in [5, 5.41) is 11.7. The summed E-state index contributed by atoms with van der Waals surface area (Å²) in [4.78, 5) is 34.1. The van der Waals surface area contributed by atoms with Crippen molar-refractivity contribution in [3.8, 4) is 0 Å². The number of amides is 2. The summed E-state index contributed by atoms with van der Waals surface area (Å²) in [6.45, 7) is 3.50. The minimum absolute atomic E-state index is 0.0274. The van der Waals surface area contributed by atoms with E-state index in [1.807, 2.05) is 0 Å². The van der Waals surface area contributed by atoms with Crippen molar-refractivity contribution in [1.29, 1.82) is 0 Å². The van der Waals surface area contributed by atoms with Gasteiger partial charge in [0.05, 0.1) is 11.8 Å². The summed E-state index contributed by atoms with van der Waals surface area (Å²) in [6.07, 6.45) is 3.70. The molecule has 20 heavy (non-hydrogen) atoms. The number of nitrogens with two attached hydrogens (primary N) is 1. The first kappa shape index (κ1) is 16.5. The van der Waals surface area contributed by atoms with Gasteiger partial charge in [0, 0.05) is 13.0 Å². The quantitative estimate of drug-likeness (QED) is 0.648. The van der Waals surface area contributed by atoms with Crippen LogP contribution in [0.3, 0.4) is 0 Å². The molecule has 4 N–H and O–H groups in total. The molecule has 0 bridgehead atoms. The van der Waals surface area contributed by atoms with Gasteiger partial charge in [-0.15, -0.1) is 0 Å². The fourth-order valence-electron chi connectivity index (χ4n) is 2.67. The third-order valence-electron chi connectivity index (χ3n) is 4.12. The van der Waals surface area contributed by atoms with Gasteiger partial charge in [0.2, 0.25) is 11.8 Å². The Balaban J connectivity index is 2.55. The summed E-state index contributed by atoms with van der Waals surface area (Å²) < 4.78 is 0. The van der Waals surface area contributed by atoms with E-state index in [4.69, 9.17) is 10.8 Å². The Morgan fingerprint density at radius 1 is 1.20 bits per heavy atom. The Labute approximate surface area is 119 Å². The molecule has 0 spiro atoms. The molecule has 1 rings (SSSR count). The van der Waals surface area contributed by atoms with Crippen molar-refractivity contribution >= 4 is 17.8 Å². The molecule has 2 amide bonds. The smallest absolute Gasteiger partial charge is 0.303 e. The maximum atomic E-state index is 12.0. The van der Waals surface area contributed by atoms with Crippen LogP contribution in [0.2, 0.25) is 0 Å². The highest BCUT2D eigenvalue weighted by Crippen LogP contribution is 2.44. The first-order valence-corrected chi connectivity index (χ1v) is 6.95. The second-order valence-electron chi connectivity index (χ2n) is 6.48. The molecule has 0 aromatic rings. The van der Waals surface area contributed by atoms with Crippen LogP contribution < -0.4 is 11.1 Å². The minimum Gasteiger partial charge on any atom is -0.481 e. The van der Waals surface area contributed by atoms with Crippen LogP contribution in [0.1, 0.15) is 52.4 Å². The number of nitrogens with one attached hydrogen (secondary N) is 1. The van der Waals surface area contributed by atoms with Crippen molar-refractivity contribution in [2.75, 3.05) is 6.54 Å². The molecule has 0 saturated heterocycles. The Morgan fingerprint density at radius 2 is 1.75 bits per heavy atom. The Hall–Kier alpha value is -1.59. The van der Waals surface area contributed by atoms with Crippen LogP contribution in [0.15, 0.2) is 0 Å². The lowest BCUT2D eigenvalue weighted by Gasteiger charge is -2.27. The van der Waals surface area contributed by atoms with Gasteiger partial charge >= 0.3 is 5.97 Å². The minimum atomic E-state index is -0.864. The maximum Gasteiger partial charge on any atom is 0.303 e. The largest absolute Gasteiger partial charge is 0.481 e. The van der Waals surface area contributed by atoms with Gasteiger partial charge in [0.1, 0.15) is 0 Å². The molecule has 0 radical (unpaired) electrons. The molecule has 0 heterocycles. The predicted molar refractivity (Wildman–Crippen MR) is 73.8 cm³/mol. The van der Waals surface area contributed by atoms with Gasteiger partial charge in [-0.1, -0.05) is 12.8 Å². The zero-order valence-electron chi connectivity index (χ0n) is 12.2. The standard InChI is InChI=1S/C14H24N2O4/c1-13(2,12(15)20)9-16-10(17)7-14(8-11(18)19)5-3-4-6-14/h3-9H2,1-2H3,(H2,15,20)(H,16,17)(H,18,19). The normalized spacial score (nSPS) is 17.7. The zero-order valence-corrected chi connectivity index (χ0v) is 12.2. The lowest BCUT2D eigenvalue weighted by molar-refractivity contribution is -0.140. The molecule has 1 aliphatic carbocycles. The number of carbonyl (C=O) groups is 3. The fourth-order valence-corrected chi connectivity index (χ4v) is 2.67. The first-order chi connectivity index (χ1) is 9.17. The number of hydrogen-bond donors (Lipinski definition) is 3. The van der Waals surface area contributed by atoms with Crippen LogP contribution in [-0.2, 0) is 14.4 Å². The van der Waals surface area contributed by atoms with E-state index in [1.54, 1.807) is 13.8 Å². The lowest BCUT2D eigenvalue weighted by atomic mass is 9.79. The van der Waals surface area contributed by atoms with Crippen LogP contribution in [0.5, 0.6) is 0 Å². The van der Waals surface area contributed by atoms with E-state index in [-0.39, 0.29) is 25.3 Å². The number of carbonyl (C=O) groups excluding carboxylic acids is 2. The molecule has 6 nitrogen and oxygen atoms in total. The molecule has 114 valence electrons. The maximum absolute atomic E-state index is 12.0. The third kappa shape index (κ3) is 4.51. The molecular formula is C14H24N2O4. The number of hydrogen-bond acceptors (Lipinski definition) is 3. The Kier molecular flexibility index (Phi) is 5.14. The highest BCUT2D eigenvalue weighted by atomic mass is 16.4. The highest BCUT2D eigenvalue weighted by Gasteiger charge is 2.38. The van der Waals surface area contributed by atoms with E-state index >= 15 is 0 Å². The molecule has 1 fully saturated rings. The van der Waals surface area contributed by atoms with Gasteiger partial charge in [0.15, 0.2) is 0 Å². The zero-order chi connectivity index (χ0) is 15.4. The Morgan fingerprint density at radius 3 is 2.20 bits per heavy atom. The SMILES string of the molecule is CC(C)(CNC(=O)CC1(CC(=O)O)CCCC1)C(N)=O. The summed E-state index contributed by atoms with van der Waals surface area (Å²) in [5.74, 6) is -1.54. The van der Waals surface area contributed by atoms with Gasteiger partial charge in [-0.25, -0.2) is 0 Å². The van der Waals surface area contributed by atoms with Crippen molar-refractivity contribution < 1.29 is 19.5 Å². The monoisotopic (exact) mass is 284 g/mol. The Bertz CT molecular complexity index is 398. The van der Waals surface area contributed by atoms with E-state index in [1.165, 1.54) is 0 Å². The molecule has 1 aliphatic rings. The summed E-state index contributed by atoms with van der Waals surface area (Å²) >= 11 is 0. The van der Waals surface area contributed by atoms with E-state index in [2.05, 4.69) is 5.32 Å². The van der Waals surface area contributed by atoms with E-state index in [9.17, 15) is 14.4 Å². The highest BCUT2D eigenvalue weighted by molar-refractivity contribution is 5.82. The fraction of sp³-hybridized carbons (Fsp3) is 0.786. The number of primary amides is 1. The third-order valence-corrected chi connectivity index (χ3v) is 4.12. The summed E-state index contributed by atoms with van der Waals surface area (Å²) in [6, 6.07) is 0. The van der Waals surface area contributed by atoms with Crippen molar-refractivity contribution in [3.63, 3.8) is 0 Å². The van der Waals surface area contributed by atoms with Gasteiger partial charge < -0.3 is 16.2 Å². The van der Waals surface area contributed by atoms with Crippen LogP contribution in [0.4, 0.5) is 0 Å². The van der Waals surface area contributed by atoms with E-state index in [0.717, 1.165) is 25.7 Å². The second kappa shape index (κ2) is 6.24. The molecule has 6 heteroatoms. The molecule has 0 atom stereocenters. The van der Waals surface area contributed by atoms with Gasteiger partial charge in [-0.05, 0) is 32.1 Å². The summed E-state index contributed by atoms with van der Waals surface area (Å²) in [5.41, 5.74) is 4.02. The molecular weight excluding hydrogens is 260 g/mol. The van der Waals surface area contributed by atoms with Gasteiger partial charge in [-0.3, -0.25) is 14.4 Å².